The van der Waals surface area contributed by atoms with E-state index in [2.05, 4.69) is 137 Å². The lowest BCUT2D eigenvalue weighted by molar-refractivity contribution is 1.15. The summed E-state index contributed by atoms with van der Waals surface area (Å²) in [6.45, 7) is 0. The first-order valence-corrected chi connectivity index (χ1v) is 16.2. The van der Waals surface area contributed by atoms with Crippen molar-refractivity contribution < 1.29 is 0 Å². The van der Waals surface area contributed by atoms with E-state index in [1.165, 1.54) is 32.6 Å². The highest BCUT2D eigenvalue weighted by Gasteiger charge is 2.21. The molecule has 0 N–H and O–H groups in total. The van der Waals surface area contributed by atoms with E-state index in [0.717, 1.165) is 39.1 Å². The summed E-state index contributed by atoms with van der Waals surface area (Å²) in [6, 6.07) is 49.1. The summed E-state index contributed by atoms with van der Waals surface area (Å²) in [5.41, 5.74) is 11.6. The van der Waals surface area contributed by atoms with Crippen molar-refractivity contribution >= 4 is 110 Å². The molecule has 216 valence electrons. The molecule has 10 radical (unpaired) electrons. The van der Waals surface area contributed by atoms with E-state index in [1.54, 1.807) is 0 Å². The quantitative estimate of drug-likeness (QED) is 0.244. The molecule has 0 saturated heterocycles. The van der Waals surface area contributed by atoms with E-state index in [9.17, 15) is 0 Å². The van der Waals surface area contributed by atoms with E-state index >= 15 is 0 Å². The lowest BCUT2D eigenvalue weighted by Crippen LogP contribution is -2.55. The molecule has 0 saturated carbocycles. The van der Waals surface area contributed by atoms with E-state index in [-0.39, 0.29) is 16.4 Å². The number of aromatic nitrogens is 2. The smallest absolute Gasteiger partial charge is 0.113 e. The molecule has 7 aromatic carbocycles. The molecule has 49 heavy (non-hydrogen) atoms. The first-order chi connectivity index (χ1) is 23.9. The largest absolute Gasteiger partial charge is 0.307 e. The fourth-order valence-corrected chi connectivity index (χ4v) is 7.43. The molecule has 0 bridgehead atoms. The van der Waals surface area contributed by atoms with Crippen molar-refractivity contribution in [2.45, 2.75) is 0 Å². The minimum absolute atomic E-state index is 0.206. The molecule has 0 amide bonds. The Balaban J connectivity index is 1.26. The van der Waals surface area contributed by atoms with Crippen LogP contribution in [0, 0.1) is 0 Å². The zero-order valence-corrected chi connectivity index (χ0v) is 26.6. The van der Waals surface area contributed by atoms with Crippen molar-refractivity contribution in [2.24, 2.45) is 0 Å². The number of benzene rings is 7. The van der Waals surface area contributed by atoms with Gasteiger partial charge in [0, 0.05) is 32.9 Å². The number of fused-ring (bicyclic) bond motifs is 7. The van der Waals surface area contributed by atoms with E-state index in [0.29, 0.717) is 16.5 Å². The predicted molar refractivity (Wildman–Crippen MR) is 213 cm³/mol. The molecule has 0 aliphatic rings. The maximum Gasteiger partial charge on any atom is 0.113 e. The van der Waals surface area contributed by atoms with Gasteiger partial charge in [0.25, 0.3) is 0 Å². The third-order valence-corrected chi connectivity index (χ3v) is 9.79. The Hall–Kier alpha value is -5.54. The lowest BCUT2D eigenvalue weighted by atomic mass is 9.59. The van der Waals surface area contributed by atoms with Crippen molar-refractivity contribution in [2.75, 3.05) is 0 Å². The van der Waals surface area contributed by atoms with Crippen molar-refractivity contribution in [1.29, 1.82) is 0 Å². The molecule has 2 aromatic heterocycles. The molecule has 0 fully saturated rings. The molecule has 0 atom stereocenters. The van der Waals surface area contributed by atoms with Gasteiger partial charge in [0.2, 0.25) is 0 Å². The van der Waals surface area contributed by atoms with Crippen LogP contribution in [0.4, 0.5) is 0 Å². The monoisotopic (exact) mass is 610 g/mol. The zero-order chi connectivity index (χ0) is 33.4. The van der Waals surface area contributed by atoms with Crippen molar-refractivity contribution in [3.8, 4) is 33.6 Å². The van der Waals surface area contributed by atoms with Gasteiger partial charge in [0.15, 0.2) is 0 Å². The molecule has 0 aliphatic heterocycles. The third-order valence-electron chi connectivity index (χ3n) is 9.79. The molecule has 9 aromatic rings. The summed E-state index contributed by atoms with van der Waals surface area (Å²) < 4.78 is 4.79. The Morgan fingerprint density at radius 2 is 0.796 bits per heavy atom. The summed E-state index contributed by atoms with van der Waals surface area (Å²) in [6.07, 6.45) is 0. The van der Waals surface area contributed by atoms with Crippen LogP contribution in [0.25, 0.3) is 77.2 Å². The Morgan fingerprint density at radius 3 is 1.37 bits per heavy atom. The van der Waals surface area contributed by atoms with Crippen molar-refractivity contribution in [3.63, 3.8) is 0 Å². The molecule has 0 aliphatic carbocycles. The van der Waals surface area contributed by atoms with Gasteiger partial charge in [0.05, 0.1) is 22.1 Å². The van der Waals surface area contributed by atoms with Gasteiger partial charge in [-0.15, -0.1) is 16.4 Å². The Bertz CT molecular complexity index is 2730. The molecule has 9 rings (SSSR count). The first-order valence-electron chi connectivity index (χ1n) is 16.2. The van der Waals surface area contributed by atoms with Gasteiger partial charge >= 0.3 is 0 Å². The third kappa shape index (κ3) is 4.42. The van der Waals surface area contributed by atoms with Gasteiger partial charge in [-0.05, 0) is 64.7 Å². The van der Waals surface area contributed by atoms with Gasteiger partial charge in [-0.3, -0.25) is 0 Å². The minimum atomic E-state index is 0.206. The summed E-state index contributed by atoms with van der Waals surface area (Å²) in [7, 11) is 31.2. The molecular formula is C42H23B5N2. The highest BCUT2D eigenvalue weighted by atomic mass is 15.0. The van der Waals surface area contributed by atoms with Crippen LogP contribution in [-0.2, 0) is 0 Å². The second-order valence-corrected chi connectivity index (χ2v) is 12.5. The average Bonchev–Trinajstić information content (AvgIpc) is 3.67. The van der Waals surface area contributed by atoms with Crippen LogP contribution in [0.15, 0.2) is 140 Å². The van der Waals surface area contributed by atoms with Gasteiger partial charge in [0.1, 0.15) is 39.2 Å². The molecule has 2 nitrogen and oxygen atoms in total. The Morgan fingerprint density at radius 1 is 0.327 bits per heavy atom. The van der Waals surface area contributed by atoms with Crippen LogP contribution in [0.2, 0.25) is 0 Å². The maximum atomic E-state index is 6.41. The van der Waals surface area contributed by atoms with Gasteiger partial charge in [-0.1, -0.05) is 108 Å². The fraction of sp³-hybridized carbons (Fsp3) is 0. The normalized spacial score (nSPS) is 11.7. The summed E-state index contributed by atoms with van der Waals surface area (Å²) in [5.74, 6) is 0. The molecule has 2 heterocycles. The summed E-state index contributed by atoms with van der Waals surface area (Å²) >= 11 is 0. The summed E-state index contributed by atoms with van der Waals surface area (Å²) in [5, 5.41) is 4.85. The predicted octanol–water partition coefficient (Wildman–Crippen LogP) is 5.18. The van der Waals surface area contributed by atoms with E-state index < -0.39 is 0 Å². The topological polar surface area (TPSA) is 9.86 Å². The van der Waals surface area contributed by atoms with Gasteiger partial charge < -0.3 is 9.13 Å². The SMILES string of the molecule is [B]c1c([B])c([B])c(-c2cccc(-c3ccc(-n4c5ccccc5c5ccc6c7ccccc7n(-c7ccccc7)c6c54)cc3)c2)c([B])c1[B]. The fourth-order valence-electron chi connectivity index (χ4n) is 7.43. The number of rotatable bonds is 4. The van der Waals surface area contributed by atoms with Crippen LogP contribution in [0.5, 0.6) is 0 Å². The van der Waals surface area contributed by atoms with Gasteiger partial charge in [-0.2, -0.15) is 0 Å². The van der Waals surface area contributed by atoms with Crippen molar-refractivity contribution in [1.82, 2.24) is 9.13 Å². The number of hydrogen-bond donors (Lipinski definition) is 0. The molecule has 7 heteroatoms. The average molecular weight is 610 g/mol. The second kappa shape index (κ2) is 11.3. The van der Waals surface area contributed by atoms with E-state index in [4.69, 9.17) is 39.2 Å². The van der Waals surface area contributed by atoms with Crippen LogP contribution in [0.3, 0.4) is 0 Å². The van der Waals surface area contributed by atoms with Crippen LogP contribution < -0.4 is 27.3 Å². The number of nitrogens with zero attached hydrogens (tertiary/aromatic N) is 2. The zero-order valence-electron chi connectivity index (χ0n) is 26.6. The molecule has 0 unspecified atom stereocenters. The van der Waals surface area contributed by atoms with E-state index in [1.807, 2.05) is 12.1 Å². The van der Waals surface area contributed by atoms with Gasteiger partial charge in [-0.25, -0.2) is 0 Å². The van der Waals surface area contributed by atoms with Crippen LogP contribution >= 0.6 is 0 Å². The molecular weight excluding hydrogens is 587 g/mol. The van der Waals surface area contributed by atoms with Crippen LogP contribution in [-0.4, -0.2) is 48.4 Å². The highest BCUT2D eigenvalue weighted by Crippen LogP contribution is 2.41. The second-order valence-electron chi connectivity index (χ2n) is 12.5. The Labute approximate surface area is 291 Å². The van der Waals surface area contributed by atoms with Crippen LogP contribution in [0.1, 0.15) is 0 Å². The standard InChI is InChI=1S/C42H23B5N2/c43-36-35(37(44)39(46)40(47)38(36)45)26-10-8-9-25(23-26)24-17-19-28(20-18-24)49-34-16-7-5-14-30(34)32-22-21-31-29-13-4-6-15-33(29)48(41(31)42(32)49)27-11-2-1-3-12-27/h1-23H. The number of hydrogen-bond acceptors (Lipinski definition) is 0. The Kier molecular flexibility index (Phi) is 6.81. The maximum absolute atomic E-state index is 6.41. The minimum Gasteiger partial charge on any atom is -0.307 e. The number of para-hydroxylation sites is 3. The van der Waals surface area contributed by atoms with Crippen molar-refractivity contribution in [3.05, 3.63) is 140 Å². The summed E-state index contributed by atoms with van der Waals surface area (Å²) in [4.78, 5) is 0. The highest BCUT2D eigenvalue weighted by molar-refractivity contribution is 6.68. The first kappa shape index (κ1) is 29.6. The molecule has 0 spiro atoms. The lowest BCUT2D eigenvalue weighted by Gasteiger charge is -2.21.